The zero-order valence-electron chi connectivity index (χ0n) is 17.6. The number of piperazine rings is 1. The van der Waals surface area contributed by atoms with Crippen LogP contribution >= 0.6 is 24.2 Å². The Bertz CT molecular complexity index is 1030. The van der Waals surface area contributed by atoms with Gasteiger partial charge in [0.2, 0.25) is 11.8 Å². The number of aromatic nitrogens is 2. The maximum atomic E-state index is 12.4. The lowest BCUT2D eigenvalue weighted by Gasteiger charge is -2.35. The van der Waals surface area contributed by atoms with Gasteiger partial charge in [-0.05, 0) is 35.2 Å². The number of hydrogen-bond acceptors (Lipinski definition) is 8. The first-order valence-electron chi connectivity index (χ1n) is 10.8. The number of benzene rings is 1. The lowest BCUT2D eigenvalue weighted by molar-refractivity contribution is -0.137. The number of carbonyl (C=O) groups is 2. The molecule has 10 heteroatoms. The predicted octanol–water partition coefficient (Wildman–Crippen LogP) is 2.00. The molecule has 32 heavy (non-hydrogen) atoms. The smallest absolute Gasteiger partial charge is 0.243 e. The molecule has 2 fully saturated rings. The standard InChI is InChI=1S/C22H25ClN6O2S/c23-18-5-6-19(26-25-18)28-10-8-27(9-11-28)12-14-2-1-3-15-16(14)13-29(22(15)32)17-4-7-20(30)24-21(17)31/h1-3,5-6,17,22,32H,4,7-13H2,(H,24,30,31). The Kier molecular flexibility index (Phi) is 6.07. The molecule has 1 aromatic heterocycles. The summed E-state index contributed by atoms with van der Waals surface area (Å²) in [6.45, 7) is 5.13. The van der Waals surface area contributed by atoms with Crippen molar-refractivity contribution in [1.29, 1.82) is 0 Å². The lowest BCUT2D eigenvalue weighted by atomic mass is 10.0. The maximum absolute atomic E-state index is 12.4. The number of nitrogens with zero attached hydrogens (tertiary/aromatic N) is 5. The van der Waals surface area contributed by atoms with Gasteiger partial charge in [0.15, 0.2) is 11.0 Å². The molecule has 2 amide bonds. The molecule has 0 radical (unpaired) electrons. The average molecular weight is 473 g/mol. The Hall–Kier alpha value is -2.20. The fourth-order valence-corrected chi connectivity index (χ4v) is 5.40. The van der Waals surface area contributed by atoms with Crippen molar-refractivity contribution in [3.8, 4) is 0 Å². The van der Waals surface area contributed by atoms with Crippen LogP contribution in [0.15, 0.2) is 30.3 Å². The molecule has 0 spiro atoms. The summed E-state index contributed by atoms with van der Waals surface area (Å²) < 4.78 is 0. The molecule has 2 unspecified atom stereocenters. The summed E-state index contributed by atoms with van der Waals surface area (Å²) in [4.78, 5) is 30.7. The molecule has 168 valence electrons. The first kappa shape index (κ1) is 21.6. The number of piperidine rings is 1. The van der Waals surface area contributed by atoms with Gasteiger partial charge in [-0.25, -0.2) is 0 Å². The molecule has 8 nitrogen and oxygen atoms in total. The average Bonchev–Trinajstić information content (AvgIpc) is 3.12. The number of fused-ring (bicyclic) bond motifs is 1. The predicted molar refractivity (Wildman–Crippen MR) is 124 cm³/mol. The quantitative estimate of drug-likeness (QED) is 0.520. The molecule has 0 bridgehead atoms. The molecule has 3 aliphatic rings. The summed E-state index contributed by atoms with van der Waals surface area (Å²) in [7, 11) is 0. The Morgan fingerprint density at radius 3 is 2.62 bits per heavy atom. The third-order valence-electron chi connectivity index (χ3n) is 6.56. The van der Waals surface area contributed by atoms with Crippen LogP contribution in [0, 0.1) is 0 Å². The summed E-state index contributed by atoms with van der Waals surface area (Å²) >= 11 is 10.7. The molecule has 0 saturated carbocycles. The van der Waals surface area contributed by atoms with Crippen molar-refractivity contribution in [2.75, 3.05) is 31.1 Å². The van der Waals surface area contributed by atoms with Crippen LogP contribution in [-0.2, 0) is 22.7 Å². The first-order chi connectivity index (χ1) is 15.5. The number of imide groups is 1. The molecule has 1 N–H and O–H groups in total. The molecule has 2 saturated heterocycles. The third-order valence-corrected chi connectivity index (χ3v) is 7.34. The number of amides is 2. The largest absolute Gasteiger partial charge is 0.353 e. The van der Waals surface area contributed by atoms with Gasteiger partial charge in [-0.2, -0.15) is 12.6 Å². The highest BCUT2D eigenvalue weighted by molar-refractivity contribution is 7.80. The highest BCUT2D eigenvalue weighted by Gasteiger charge is 2.39. The van der Waals surface area contributed by atoms with Gasteiger partial charge in [-0.1, -0.05) is 29.8 Å². The number of anilines is 1. The van der Waals surface area contributed by atoms with Crippen LogP contribution in [0.25, 0.3) is 0 Å². The van der Waals surface area contributed by atoms with Crippen molar-refractivity contribution in [2.45, 2.75) is 37.3 Å². The van der Waals surface area contributed by atoms with Crippen molar-refractivity contribution < 1.29 is 9.59 Å². The zero-order chi connectivity index (χ0) is 22.2. The van der Waals surface area contributed by atoms with Crippen LogP contribution in [-0.4, -0.2) is 64.0 Å². The Labute approximate surface area is 197 Å². The van der Waals surface area contributed by atoms with Crippen molar-refractivity contribution >= 4 is 41.9 Å². The summed E-state index contributed by atoms with van der Waals surface area (Å²) in [5.41, 5.74) is 3.69. The second kappa shape index (κ2) is 8.97. The SMILES string of the molecule is O=C1CCC(N2Cc3c(CN4CCN(c5ccc(Cl)nn5)CC4)cccc3C2S)C(=O)N1. The number of rotatable bonds is 4. The monoisotopic (exact) mass is 472 g/mol. The van der Waals surface area contributed by atoms with E-state index in [1.807, 2.05) is 6.07 Å². The van der Waals surface area contributed by atoms with Crippen LogP contribution in [0.3, 0.4) is 0 Å². The summed E-state index contributed by atoms with van der Waals surface area (Å²) in [5, 5.41) is 10.9. The minimum Gasteiger partial charge on any atom is -0.353 e. The highest BCUT2D eigenvalue weighted by Crippen LogP contribution is 2.40. The normalized spacial score (nSPS) is 24.5. The van der Waals surface area contributed by atoms with Crippen LogP contribution in [0.4, 0.5) is 5.82 Å². The van der Waals surface area contributed by atoms with Gasteiger partial charge < -0.3 is 4.90 Å². The lowest BCUT2D eigenvalue weighted by Crippen LogP contribution is -2.51. The van der Waals surface area contributed by atoms with Gasteiger partial charge in [0.25, 0.3) is 0 Å². The Morgan fingerprint density at radius 1 is 1.09 bits per heavy atom. The number of thiol groups is 1. The van der Waals surface area contributed by atoms with Gasteiger partial charge in [0.05, 0.1) is 11.4 Å². The number of nitrogens with one attached hydrogen (secondary N) is 1. The van der Waals surface area contributed by atoms with E-state index in [9.17, 15) is 9.59 Å². The number of carbonyl (C=O) groups excluding carboxylic acids is 2. The molecule has 2 atom stereocenters. The molecule has 5 rings (SSSR count). The minimum absolute atomic E-state index is 0.144. The molecule has 3 aliphatic heterocycles. The fourth-order valence-electron chi connectivity index (χ4n) is 4.82. The van der Waals surface area contributed by atoms with E-state index in [1.165, 1.54) is 11.1 Å². The molecule has 4 heterocycles. The molecule has 2 aromatic rings. The summed E-state index contributed by atoms with van der Waals surface area (Å²) in [6, 6.07) is 9.70. The zero-order valence-corrected chi connectivity index (χ0v) is 19.2. The van der Waals surface area contributed by atoms with Crippen molar-refractivity contribution in [2.24, 2.45) is 0 Å². The highest BCUT2D eigenvalue weighted by atomic mass is 35.5. The topological polar surface area (TPSA) is 81.7 Å². The van der Waals surface area contributed by atoms with Crippen molar-refractivity contribution in [3.05, 3.63) is 52.2 Å². The van der Waals surface area contributed by atoms with E-state index in [1.54, 1.807) is 6.07 Å². The molecule has 0 aliphatic carbocycles. The van der Waals surface area contributed by atoms with Crippen LogP contribution in [0.1, 0.15) is 34.9 Å². The van der Waals surface area contributed by atoms with E-state index in [0.717, 1.165) is 44.1 Å². The van der Waals surface area contributed by atoms with Crippen LogP contribution in [0.2, 0.25) is 5.15 Å². The molecular weight excluding hydrogens is 448 g/mol. The number of halogens is 1. The second-order valence-electron chi connectivity index (χ2n) is 8.48. The Morgan fingerprint density at radius 2 is 1.91 bits per heavy atom. The Balaban J connectivity index is 1.25. The first-order valence-corrected chi connectivity index (χ1v) is 11.7. The molecular formula is C22H25ClN6O2S. The van der Waals surface area contributed by atoms with Gasteiger partial charge in [0.1, 0.15) is 0 Å². The fraction of sp³-hybridized carbons (Fsp3) is 0.455. The summed E-state index contributed by atoms with van der Waals surface area (Å²) in [5.74, 6) is 0.451. The number of hydrogen-bond donors (Lipinski definition) is 2. The van der Waals surface area contributed by atoms with Crippen LogP contribution in [0.5, 0.6) is 0 Å². The van der Waals surface area contributed by atoms with E-state index < -0.39 is 0 Å². The van der Waals surface area contributed by atoms with E-state index in [0.29, 0.717) is 24.5 Å². The van der Waals surface area contributed by atoms with Crippen LogP contribution < -0.4 is 10.2 Å². The maximum Gasteiger partial charge on any atom is 0.243 e. The molecule has 1 aromatic carbocycles. The minimum atomic E-state index is -0.320. The van der Waals surface area contributed by atoms with Crippen molar-refractivity contribution in [1.82, 2.24) is 25.3 Å². The van der Waals surface area contributed by atoms with E-state index in [4.69, 9.17) is 24.2 Å². The van der Waals surface area contributed by atoms with Crippen molar-refractivity contribution in [3.63, 3.8) is 0 Å². The summed E-state index contributed by atoms with van der Waals surface area (Å²) in [6.07, 6.45) is 0.916. The van der Waals surface area contributed by atoms with E-state index in [-0.39, 0.29) is 23.2 Å². The van der Waals surface area contributed by atoms with E-state index in [2.05, 4.69) is 48.4 Å². The van der Waals surface area contributed by atoms with Gasteiger partial charge in [-0.3, -0.25) is 24.7 Å². The second-order valence-corrected chi connectivity index (χ2v) is 9.35. The van der Waals surface area contributed by atoms with E-state index >= 15 is 0 Å². The van der Waals surface area contributed by atoms with Gasteiger partial charge in [-0.15, -0.1) is 10.2 Å². The third kappa shape index (κ3) is 4.22. The van der Waals surface area contributed by atoms with Gasteiger partial charge >= 0.3 is 0 Å². The van der Waals surface area contributed by atoms with Gasteiger partial charge in [0, 0.05) is 45.7 Å².